The van der Waals surface area contributed by atoms with Crippen LogP contribution in [0.25, 0.3) is 0 Å². The normalized spacial score (nSPS) is 23.2. The number of fused-ring (bicyclic) bond motifs is 1. The number of carbonyl (C=O) groups is 2. The summed E-state index contributed by atoms with van der Waals surface area (Å²) in [4.78, 5) is 25.4. The maximum Gasteiger partial charge on any atom is 0.276 e. The molecule has 26 heavy (non-hydrogen) atoms. The minimum atomic E-state index is -0.632. The third kappa shape index (κ3) is 2.25. The molecule has 2 aliphatic rings. The van der Waals surface area contributed by atoms with Gasteiger partial charge in [-0.25, -0.2) is 0 Å². The van der Waals surface area contributed by atoms with Crippen LogP contribution in [0.4, 0.5) is 0 Å². The van der Waals surface area contributed by atoms with E-state index in [1.165, 1.54) is 5.01 Å². The first-order valence-electron chi connectivity index (χ1n) is 8.00. The van der Waals surface area contributed by atoms with Gasteiger partial charge in [-0.15, -0.1) is 6.42 Å². The van der Waals surface area contributed by atoms with Crippen LogP contribution in [0.2, 0.25) is 0 Å². The van der Waals surface area contributed by atoms with Crippen LogP contribution in [0, 0.1) is 23.7 Å². The largest absolute Gasteiger partial charge is 0.481 e. The van der Waals surface area contributed by atoms with Crippen LogP contribution in [-0.4, -0.2) is 34.5 Å². The van der Waals surface area contributed by atoms with Crippen molar-refractivity contribution in [1.82, 2.24) is 10.0 Å². The fourth-order valence-electron chi connectivity index (χ4n) is 3.27. The molecular weight excluding hydrogens is 330 g/mol. The molecule has 2 heterocycles. The maximum atomic E-state index is 12.7. The number of nitrogens with zero attached hydrogens (tertiary/aromatic N) is 3. The van der Waals surface area contributed by atoms with Gasteiger partial charge in [-0.1, -0.05) is 36.3 Å². The molecule has 126 valence electrons. The summed E-state index contributed by atoms with van der Waals surface area (Å²) in [5.41, 5.74) is 1.40. The molecule has 0 bridgehead atoms. The summed E-state index contributed by atoms with van der Waals surface area (Å²) < 4.78 is 5.55. The van der Waals surface area contributed by atoms with Crippen LogP contribution >= 0.6 is 0 Å². The minimum Gasteiger partial charge on any atom is -0.481 e. The van der Waals surface area contributed by atoms with Crippen LogP contribution in [0.3, 0.4) is 0 Å². The number of nitriles is 1. The maximum absolute atomic E-state index is 12.7. The van der Waals surface area contributed by atoms with Gasteiger partial charge < -0.3 is 4.74 Å². The molecule has 0 N–H and O–H groups in total. The Hall–Kier alpha value is -3.61. The van der Waals surface area contributed by atoms with Crippen molar-refractivity contribution in [3.8, 4) is 24.2 Å². The summed E-state index contributed by atoms with van der Waals surface area (Å²) in [7, 11) is 0. The van der Waals surface area contributed by atoms with E-state index in [0.29, 0.717) is 22.4 Å². The van der Waals surface area contributed by atoms with Crippen molar-refractivity contribution in [2.75, 3.05) is 6.61 Å². The van der Waals surface area contributed by atoms with E-state index in [0.717, 1.165) is 5.01 Å². The monoisotopic (exact) mass is 343 g/mol. The molecule has 0 radical (unpaired) electrons. The molecule has 0 aliphatic carbocycles. The molecule has 3 atom stereocenters. The Morgan fingerprint density at radius 1 is 1.04 bits per heavy atom. The van der Waals surface area contributed by atoms with Gasteiger partial charge in [-0.2, -0.15) is 15.3 Å². The summed E-state index contributed by atoms with van der Waals surface area (Å²) in [6, 6.07) is 14.9. The number of rotatable bonds is 4. The number of benzene rings is 2. The average molecular weight is 343 g/mol. The second-order valence-electron chi connectivity index (χ2n) is 5.90. The number of terminal acetylenes is 1. The predicted octanol–water partition coefficient (Wildman–Crippen LogP) is 2.16. The minimum absolute atomic E-state index is 0.0912. The number of carbonyl (C=O) groups excluding carboxylic acids is 2. The lowest BCUT2D eigenvalue weighted by Gasteiger charge is -2.16. The summed E-state index contributed by atoms with van der Waals surface area (Å²) >= 11 is 0. The number of hydrogen-bond acceptors (Lipinski definition) is 5. The molecular formula is C20H13N3O3. The molecule has 2 aromatic carbocycles. The lowest BCUT2D eigenvalue weighted by molar-refractivity contribution is 0.0354. The topological polar surface area (TPSA) is 73.4 Å². The summed E-state index contributed by atoms with van der Waals surface area (Å²) in [5, 5.41) is 12.1. The zero-order valence-electron chi connectivity index (χ0n) is 13.6. The first-order chi connectivity index (χ1) is 12.7. The van der Waals surface area contributed by atoms with E-state index >= 15 is 0 Å². The Balaban J connectivity index is 1.68. The molecule has 1 unspecified atom stereocenters. The molecule has 6 nitrogen and oxygen atoms in total. The van der Waals surface area contributed by atoms with Crippen molar-refractivity contribution in [2.24, 2.45) is 0 Å². The van der Waals surface area contributed by atoms with E-state index in [1.807, 2.05) is 6.07 Å². The molecule has 2 aliphatic heterocycles. The standard InChI is InChI=1S/C20H13N3O3/c1-2-11-26-17-10-6-5-9-15(17)18-16(12-21)22(18)23-19(24)13-7-3-4-8-14(13)20(23)25/h1,3-10,16,18H,11H2/t16-,18-,22?/m0/s1. The van der Waals surface area contributed by atoms with Gasteiger partial charge in [0, 0.05) is 5.56 Å². The first kappa shape index (κ1) is 15.9. The number of hydrogen-bond donors (Lipinski definition) is 0. The van der Waals surface area contributed by atoms with Crippen LogP contribution in [0.15, 0.2) is 48.5 Å². The highest BCUT2D eigenvalue weighted by Crippen LogP contribution is 2.49. The zero-order chi connectivity index (χ0) is 18.3. The number of ether oxygens (including phenoxy) is 1. The molecule has 2 aromatic rings. The van der Waals surface area contributed by atoms with Gasteiger partial charge in [-0.05, 0) is 18.2 Å². The van der Waals surface area contributed by atoms with Crippen molar-refractivity contribution in [3.63, 3.8) is 0 Å². The molecule has 4 rings (SSSR count). The number of hydrazine groups is 1. The third-order valence-corrected chi connectivity index (χ3v) is 4.46. The van der Waals surface area contributed by atoms with Crippen molar-refractivity contribution in [3.05, 3.63) is 65.2 Å². The summed E-state index contributed by atoms with van der Waals surface area (Å²) in [6.07, 6.45) is 5.25. The Morgan fingerprint density at radius 2 is 1.65 bits per heavy atom. The van der Waals surface area contributed by atoms with Crippen LogP contribution in [0.1, 0.15) is 32.3 Å². The van der Waals surface area contributed by atoms with Crippen LogP contribution in [0.5, 0.6) is 5.75 Å². The van der Waals surface area contributed by atoms with E-state index in [-0.39, 0.29) is 6.61 Å². The Bertz CT molecular complexity index is 967. The van der Waals surface area contributed by atoms with E-state index in [9.17, 15) is 14.9 Å². The summed E-state index contributed by atoms with van der Waals surface area (Å²) in [5.74, 6) is 2.10. The van der Waals surface area contributed by atoms with E-state index < -0.39 is 23.9 Å². The lowest BCUT2D eigenvalue weighted by atomic mass is 10.1. The number of imide groups is 1. The first-order valence-corrected chi connectivity index (χ1v) is 8.00. The van der Waals surface area contributed by atoms with Crippen molar-refractivity contribution in [2.45, 2.75) is 12.1 Å². The van der Waals surface area contributed by atoms with E-state index in [1.54, 1.807) is 42.5 Å². The van der Waals surface area contributed by atoms with Gasteiger partial charge in [-0.3, -0.25) is 9.59 Å². The zero-order valence-corrected chi connectivity index (χ0v) is 13.6. The fraction of sp³-hybridized carbons (Fsp3) is 0.150. The SMILES string of the molecule is C#CCOc1ccccc1[C@H]1[C@H](C#N)N1N1C(=O)c2ccccc2C1=O. The Morgan fingerprint density at radius 3 is 2.27 bits per heavy atom. The van der Waals surface area contributed by atoms with Crippen molar-refractivity contribution >= 4 is 11.8 Å². The van der Waals surface area contributed by atoms with Crippen molar-refractivity contribution < 1.29 is 14.3 Å². The van der Waals surface area contributed by atoms with Crippen LogP contribution < -0.4 is 4.74 Å². The third-order valence-electron chi connectivity index (χ3n) is 4.46. The molecule has 0 spiro atoms. The highest BCUT2D eigenvalue weighted by atomic mass is 16.5. The molecule has 1 fully saturated rings. The average Bonchev–Trinajstić information content (AvgIpc) is 3.33. The smallest absolute Gasteiger partial charge is 0.276 e. The lowest BCUT2D eigenvalue weighted by Crippen LogP contribution is -2.36. The van der Waals surface area contributed by atoms with Gasteiger partial charge in [0.05, 0.1) is 23.2 Å². The van der Waals surface area contributed by atoms with Gasteiger partial charge in [0.25, 0.3) is 11.8 Å². The number of para-hydroxylation sites is 1. The van der Waals surface area contributed by atoms with Gasteiger partial charge in [0.2, 0.25) is 0 Å². The van der Waals surface area contributed by atoms with Crippen LogP contribution in [-0.2, 0) is 0 Å². The Kier molecular flexibility index (Phi) is 3.69. The summed E-state index contributed by atoms with van der Waals surface area (Å²) in [6.45, 7) is 0.0912. The van der Waals surface area contributed by atoms with Gasteiger partial charge in [0.1, 0.15) is 18.4 Å². The second-order valence-corrected chi connectivity index (χ2v) is 5.90. The molecule has 1 saturated heterocycles. The predicted molar refractivity (Wildman–Crippen MR) is 91.7 cm³/mol. The number of amides is 2. The quantitative estimate of drug-likeness (QED) is 0.483. The van der Waals surface area contributed by atoms with Gasteiger partial charge in [0.15, 0.2) is 0 Å². The Labute approximate surface area is 150 Å². The molecule has 0 saturated carbocycles. The molecule has 0 aromatic heterocycles. The molecule has 2 amide bonds. The molecule has 6 heteroatoms. The fourth-order valence-corrected chi connectivity index (χ4v) is 3.27. The van der Waals surface area contributed by atoms with Gasteiger partial charge >= 0.3 is 0 Å². The van der Waals surface area contributed by atoms with E-state index in [4.69, 9.17) is 11.2 Å². The van der Waals surface area contributed by atoms with E-state index in [2.05, 4.69) is 12.0 Å². The van der Waals surface area contributed by atoms with Crippen molar-refractivity contribution in [1.29, 1.82) is 5.26 Å². The second kappa shape index (κ2) is 6.03. The highest BCUT2D eigenvalue weighted by Gasteiger charge is 2.59. The highest BCUT2D eigenvalue weighted by molar-refractivity contribution is 6.21.